The topological polar surface area (TPSA) is 46.8 Å². The van der Waals surface area contributed by atoms with E-state index in [1.165, 1.54) is 12.1 Å². The summed E-state index contributed by atoms with van der Waals surface area (Å²) in [5, 5.41) is 8.64. The van der Waals surface area contributed by atoms with E-state index in [1.54, 1.807) is 6.20 Å². The van der Waals surface area contributed by atoms with Crippen LogP contribution < -0.4 is 0 Å². The van der Waals surface area contributed by atoms with Crippen molar-refractivity contribution in [2.45, 2.75) is 19.6 Å². The van der Waals surface area contributed by atoms with E-state index in [0.717, 1.165) is 49.0 Å². The van der Waals surface area contributed by atoms with Crippen LogP contribution in [0.5, 0.6) is 0 Å². The molecule has 3 aromatic rings. The van der Waals surface area contributed by atoms with Gasteiger partial charge in [0.15, 0.2) is 5.82 Å². The summed E-state index contributed by atoms with van der Waals surface area (Å²) < 4.78 is 15.1. The van der Waals surface area contributed by atoms with E-state index in [-0.39, 0.29) is 5.82 Å². The number of rotatable bonds is 3. The first-order valence-corrected chi connectivity index (χ1v) is 7.59. The van der Waals surface area contributed by atoms with Gasteiger partial charge in [0.05, 0.1) is 6.54 Å². The predicted octanol–water partition coefficient (Wildman–Crippen LogP) is 2.50. The zero-order valence-corrected chi connectivity index (χ0v) is 12.6. The molecule has 2 aromatic heterocycles. The van der Waals surface area contributed by atoms with Gasteiger partial charge >= 0.3 is 0 Å². The monoisotopic (exact) mass is 309 g/mol. The Bertz CT molecular complexity index is 798. The average molecular weight is 309 g/mol. The molecule has 0 unspecified atom stereocenters. The molecule has 0 saturated heterocycles. The summed E-state index contributed by atoms with van der Waals surface area (Å²) in [6.07, 6.45) is 3.56. The highest BCUT2D eigenvalue weighted by Crippen LogP contribution is 2.21. The van der Waals surface area contributed by atoms with E-state index in [4.69, 9.17) is 0 Å². The summed E-state index contributed by atoms with van der Waals surface area (Å²) in [5.41, 5.74) is 2.09. The summed E-state index contributed by atoms with van der Waals surface area (Å²) >= 11 is 0. The number of hydrogen-bond acceptors (Lipinski definition) is 4. The molecule has 0 N–H and O–H groups in total. The van der Waals surface area contributed by atoms with Crippen molar-refractivity contribution in [1.82, 2.24) is 24.6 Å². The quantitative estimate of drug-likeness (QED) is 0.746. The third-order valence-corrected chi connectivity index (χ3v) is 4.07. The highest BCUT2D eigenvalue weighted by atomic mass is 19.1. The Hall–Kier alpha value is -2.60. The minimum atomic E-state index is -0.201. The lowest BCUT2D eigenvalue weighted by atomic mass is 10.2. The summed E-state index contributed by atoms with van der Waals surface area (Å²) in [7, 11) is 0. The maximum atomic E-state index is 13.0. The van der Waals surface area contributed by atoms with Gasteiger partial charge in [0.2, 0.25) is 0 Å². The second kappa shape index (κ2) is 5.89. The largest absolute Gasteiger partial charge is 0.309 e. The molecule has 116 valence electrons. The Morgan fingerprint density at radius 2 is 1.91 bits per heavy atom. The fraction of sp³-hybridized carbons (Fsp3) is 0.235. The lowest BCUT2D eigenvalue weighted by Crippen LogP contribution is -2.33. The van der Waals surface area contributed by atoms with Gasteiger partial charge in [-0.2, -0.15) is 0 Å². The molecule has 3 heterocycles. The molecule has 0 aliphatic carbocycles. The number of hydrogen-bond donors (Lipinski definition) is 0. The first-order chi connectivity index (χ1) is 11.3. The van der Waals surface area contributed by atoms with Crippen LogP contribution in [0.2, 0.25) is 0 Å². The van der Waals surface area contributed by atoms with Gasteiger partial charge in [-0.1, -0.05) is 12.1 Å². The third-order valence-electron chi connectivity index (χ3n) is 4.07. The van der Waals surface area contributed by atoms with Gasteiger partial charge in [-0.15, -0.1) is 10.2 Å². The van der Waals surface area contributed by atoms with Crippen molar-refractivity contribution in [3.05, 3.63) is 66.0 Å². The minimum Gasteiger partial charge on any atom is -0.309 e. The Labute approximate surface area is 133 Å². The molecule has 0 bridgehead atoms. The van der Waals surface area contributed by atoms with Crippen LogP contribution in [0.3, 0.4) is 0 Å². The van der Waals surface area contributed by atoms with Gasteiger partial charge in [-0.3, -0.25) is 9.88 Å². The molecule has 0 amide bonds. The molecule has 5 nitrogen and oxygen atoms in total. The zero-order chi connectivity index (χ0) is 15.6. The van der Waals surface area contributed by atoms with E-state index in [0.29, 0.717) is 0 Å². The predicted molar refractivity (Wildman–Crippen MR) is 83.8 cm³/mol. The van der Waals surface area contributed by atoms with Crippen LogP contribution in [-0.4, -0.2) is 31.2 Å². The van der Waals surface area contributed by atoms with Crippen LogP contribution in [-0.2, 0) is 19.6 Å². The van der Waals surface area contributed by atoms with Crippen molar-refractivity contribution >= 4 is 0 Å². The van der Waals surface area contributed by atoms with Crippen LogP contribution in [0.25, 0.3) is 11.4 Å². The molecular formula is C17H16FN5. The van der Waals surface area contributed by atoms with E-state index in [1.807, 2.05) is 30.5 Å². The number of halogens is 1. The highest BCUT2D eigenvalue weighted by Gasteiger charge is 2.21. The van der Waals surface area contributed by atoms with Crippen molar-refractivity contribution in [3.8, 4) is 11.4 Å². The first-order valence-electron chi connectivity index (χ1n) is 7.59. The SMILES string of the molecule is Fc1ccc(CN2CCn3c(nnc3-c3cccnc3)C2)cc1. The lowest BCUT2D eigenvalue weighted by Gasteiger charge is -2.27. The van der Waals surface area contributed by atoms with Gasteiger partial charge in [0.25, 0.3) is 0 Å². The molecule has 1 aromatic carbocycles. The van der Waals surface area contributed by atoms with Gasteiger partial charge in [0.1, 0.15) is 11.6 Å². The molecule has 0 saturated carbocycles. The summed E-state index contributed by atoms with van der Waals surface area (Å²) in [5.74, 6) is 1.62. The van der Waals surface area contributed by atoms with E-state index in [2.05, 4.69) is 24.6 Å². The third kappa shape index (κ3) is 2.85. The Balaban J connectivity index is 1.52. The number of aromatic nitrogens is 4. The van der Waals surface area contributed by atoms with Crippen molar-refractivity contribution in [2.24, 2.45) is 0 Å². The fourth-order valence-electron chi connectivity index (χ4n) is 2.90. The van der Waals surface area contributed by atoms with Crippen LogP contribution in [0.15, 0.2) is 48.8 Å². The van der Waals surface area contributed by atoms with Crippen molar-refractivity contribution in [2.75, 3.05) is 6.54 Å². The second-order valence-electron chi connectivity index (χ2n) is 5.67. The molecule has 0 fully saturated rings. The number of benzene rings is 1. The Kier molecular flexibility index (Phi) is 3.59. The van der Waals surface area contributed by atoms with Gasteiger partial charge in [0, 0.05) is 37.6 Å². The normalized spacial score (nSPS) is 14.7. The fourth-order valence-corrected chi connectivity index (χ4v) is 2.90. The molecule has 0 radical (unpaired) electrons. The smallest absolute Gasteiger partial charge is 0.165 e. The van der Waals surface area contributed by atoms with E-state index in [9.17, 15) is 4.39 Å². The maximum Gasteiger partial charge on any atom is 0.165 e. The average Bonchev–Trinajstić information content (AvgIpc) is 3.01. The summed E-state index contributed by atoms with van der Waals surface area (Å²) in [6.45, 7) is 3.28. The zero-order valence-electron chi connectivity index (χ0n) is 12.6. The minimum absolute atomic E-state index is 0.201. The van der Waals surface area contributed by atoms with Gasteiger partial charge < -0.3 is 4.57 Å². The van der Waals surface area contributed by atoms with Crippen LogP contribution in [0, 0.1) is 5.82 Å². The number of fused-ring (bicyclic) bond motifs is 1. The van der Waals surface area contributed by atoms with E-state index >= 15 is 0 Å². The Morgan fingerprint density at radius 1 is 1.04 bits per heavy atom. The van der Waals surface area contributed by atoms with Crippen molar-refractivity contribution in [3.63, 3.8) is 0 Å². The molecule has 1 aliphatic rings. The Morgan fingerprint density at radius 3 is 2.70 bits per heavy atom. The molecule has 1 aliphatic heterocycles. The van der Waals surface area contributed by atoms with E-state index < -0.39 is 0 Å². The summed E-state index contributed by atoms with van der Waals surface area (Å²) in [6, 6.07) is 10.6. The second-order valence-corrected chi connectivity index (χ2v) is 5.67. The summed E-state index contributed by atoms with van der Waals surface area (Å²) in [4.78, 5) is 6.44. The maximum absolute atomic E-state index is 13.0. The molecule has 0 spiro atoms. The lowest BCUT2D eigenvalue weighted by molar-refractivity contribution is 0.209. The molecule has 23 heavy (non-hydrogen) atoms. The molecule has 0 atom stereocenters. The molecule has 6 heteroatoms. The first kappa shape index (κ1) is 14.0. The van der Waals surface area contributed by atoms with Gasteiger partial charge in [-0.25, -0.2) is 4.39 Å². The molecule has 4 rings (SSSR count). The number of nitrogens with zero attached hydrogens (tertiary/aromatic N) is 5. The molecular weight excluding hydrogens is 293 g/mol. The number of pyridine rings is 1. The van der Waals surface area contributed by atoms with Crippen molar-refractivity contribution < 1.29 is 4.39 Å². The standard InChI is InChI=1S/C17H16FN5/c18-15-5-3-13(4-6-15)11-22-8-9-23-16(12-22)20-21-17(23)14-2-1-7-19-10-14/h1-7,10H,8-9,11-12H2. The van der Waals surface area contributed by atoms with Crippen LogP contribution in [0.1, 0.15) is 11.4 Å². The van der Waals surface area contributed by atoms with Gasteiger partial charge in [-0.05, 0) is 29.8 Å². The van der Waals surface area contributed by atoms with Crippen LogP contribution in [0.4, 0.5) is 4.39 Å². The highest BCUT2D eigenvalue weighted by molar-refractivity contribution is 5.53. The van der Waals surface area contributed by atoms with Crippen molar-refractivity contribution in [1.29, 1.82) is 0 Å². The van der Waals surface area contributed by atoms with Crippen LogP contribution >= 0.6 is 0 Å².